The van der Waals surface area contributed by atoms with E-state index in [1.165, 1.54) is 4.52 Å². The largest absolute Gasteiger partial charge is 0.353 e. The minimum Gasteiger partial charge on any atom is -0.353 e. The highest BCUT2D eigenvalue weighted by Crippen LogP contribution is 2.34. The van der Waals surface area contributed by atoms with Gasteiger partial charge in [0.1, 0.15) is 0 Å². The van der Waals surface area contributed by atoms with Gasteiger partial charge in [-0.2, -0.15) is 14.3 Å². The molecule has 0 amide bonds. The van der Waals surface area contributed by atoms with Gasteiger partial charge in [-0.1, -0.05) is 59.6 Å². The number of anilines is 2. The summed E-state index contributed by atoms with van der Waals surface area (Å²) in [6.45, 7) is 0. The van der Waals surface area contributed by atoms with Crippen molar-refractivity contribution in [3.63, 3.8) is 0 Å². The lowest BCUT2D eigenvalue weighted by Crippen LogP contribution is -2.16. The zero-order chi connectivity index (χ0) is 26.1. The predicted molar refractivity (Wildman–Crippen MR) is 151 cm³/mol. The summed E-state index contributed by atoms with van der Waals surface area (Å²) in [5.41, 5.74) is 3.45. The van der Waals surface area contributed by atoms with Crippen molar-refractivity contribution in [1.29, 1.82) is 0 Å². The van der Waals surface area contributed by atoms with E-state index >= 15 is 0 Å². The van der Waals surface area contributed by atoms with E-state index in [9.17, 15) is 4.79 Å². The van der Waals surface area contributed by atoms with Gasteiger partial charge in [0.05, 0.1) is 32.9 Å². The zero-order valence-corrected chi connectivity index (χ0v) is 21.3. The molecule has 10 heteroatoms. The van der Waals surface area contributed by atoms with E-state index in [0.29, 0.717) is 44.7 Å². The third-order valence-corrected chi connectivity index (χ3v) is 6.63. The molecule has 3 aromatic heterocycles. The molecule has 1 N–H and O–H groups in total. The van der Waals surface area contributed by atoms with Crippen molar-refractivity contribution >= 4 is 57.5 Å². The van der Waals surface area contributed by atoms with Crippen molar-refractivity contribution in [3.8, 4) is 0 Å². The summed E-state index contributed by atoms with van der Waals surface area (Å²) in [7, 11) is 0. The van der Waals surface area contributed by atoms with Crippen LogP contribution in [0.2, 0.25) is 10.0 Å². The average molecular weight is 540 g/mol. The minimum absolute atomic E-state index is 0.265. The van der Waals surface area contributed by atoms with Gasteiger partial charge in [-0.05, 0) is 53.6 Å². The molecule has 3 aromatic carbocycles. The van der Waals surface area contributed by atoms with Gasteiger partial charge in [-0.15, -0.1) is 5.10 Å². The molecule has 0 aliphatic heterocycles. The third kappa shape index (κ3) is 4.51. The normalized spacial score (nSPS) is 11.5. The molecule has 0 bridgehead atoms. The molecule has 0 radical (unpaired) electrons. The number of pyridine rings is 1. The number of fused-ring (bicyclic) bond motifs is 2. The number of halogens is 2. The molecule has 3 heterocycles. The monoisotopic (exact) mass is 539 g/mol. The number of aromatic nitrogens is 5. The van der Waals surface area contributed by atoms with Gasteiger partial charge >= 0.3 is 0 Å². The molecule has 0 saturated heterocycles. The molecule has 0 aliphatic rings. The van der Waals surface area contributed by atoms with E-state index in [-0.39, 0.29) is 5.56 Å². The summed E-state index contributed by atoms with van der Waals surface area (Å²) in [6.07, 6.45) is 5.40. The van der Waals surface area contributed by atoms with Crippen LogP contribution in [0.4, 0.5) is 11.4 Å². The van der Waals surface area contributed by atoms with Crippen molar-refractivity contribution in [1.82, 2.24) is 24.3 Å². The van der Waals surface area contributed by atoms with Crippen LogP contribution in [0.15, 0.2) is 101 Å². The van der Waals surface area contributed by atoms with Gasteiger partial charge in [-0.25, -0.2) is 4.98 Å². The molecule has 0 spiro atoms. The summed E-state index contributed by atoms with van der Waals surface area (Å²) < 4.78 is 2.88. The van der Waals surface area contributed by atoms with E-state index in [0.717, 1.165) is 16.8 Å². The van der Waals surface area contributed by atoms with E-state index < -0.39 is 0 Å². The molecule has 186 valence electrons. The van der Waals surface area contributed by atoms with Crippen molar-refractivity contribution in [2.75, 3.05) is 5.32 Å². The second-order valence-corrected chi connectivity index (χ2v) is 9.27. The molecule has 8 nitrogen and oxygen atoms in total. The maximum absolute atomic E-state index is 13.3. The summed E-state index contributed by atoms with van der Waals surface area (Å²) in [5, 5.41) is 14.2. The van der Waals surface area contributed by atoms with Gasteiger partial charge in [-0.3, -0.25) is 9.78 Å². The molecule has 0 fully saturated rings. The maximum atomic E-state index is 13.3. The van der Waals surface area contributed by atoms with Crippen LogP contribution >= 0.6 is 23.2 Å². The molecular formula is C28H19Cl2N7O. The first-order valence-electron chi connectivity index (χ1n) is 11.7. The Kier molecular flexibility index (Phi) is 6.33. The SMILES string of the molecule is O=c1c2ccccc2nc2n(/N=C/c3ccncc3)c(Cc3ccccc3Nc3c(Cl)cccc3Cl)nn12. The fourth-order valence-corrected chi connectivity index (χ4v) is 4.63. The number of hydrogen-bond donors (Lipinski definition) is 1. The maximum Gasteiger partial charge on any atom is 0.283 e. The zero-order valence-electron chi connectivity index (χ0n) is 19.8. The van der Waals surface area contributed by atoms with Crippen molar-refractivity contribution < 1.29 is 0 Å². The van der Waals surface area contributed by atoms with Crippen LogP contribution in [0.1, 0.15) is 17.0 Å². The van der Waals surface area contributed by atoms with Crippen molar-refractivity contribution in [2.24, 2.45) is 5.10 Å². The molecule has 38 heavy (non-hydrogen) atoms. The second-order valence-electron chi connectivity index (χ2n) is 8.45. The molecule has 6 rings (SSSR count). The van der Waals surface area contributed by atoms with Crippen LogP contribution in [-0.4, -0.2) is 30.5 Å². The van der Waals surface area contributed by atoms with Gasteiger partial charge in [0.15, 0.2) is 5.82 Å². The van der Waals surface area contributed by atoms with Gasteiger partial charge < -0.3 is 5.32 Å². The number of para-hydroxylation sites is 3. The Morgan fingerprint density at radius 2 is 1.63 bits per heavy atom. The Morgan fingerprint density at radius 3 is 2.45 bits per heavy atom. The lowest BCUT2D eigenvalue weighted by atomic mass is 10.1. The lowest BCUT2D eigenvalue weighted by Gasteiger charge is -2.14. The number of nitrogens with zero attached hydrogens (tertiary/aromatic N) is 6. The van der Waals surface area contributed by atoms with E-state index in [1.807, 2.05) is 42.5 Å². The first kappa shape index (κ1) is 23.8. The third-order valence-electron chi connectivity index (χ3n) is 6.00. The van der Waals surface area contributed by atoms with E-state index in [2.05, 4.69) is 20.5 Å². The Balaban J connectivity index is 1.49. The number of nitrogens with one attached hydrogen (secondary N) is 1. The quantitative estimate of drug-likeness (QED) is 0.263. The lowest BCUT2D eigenvalue weighted by molar-refractivity contribution is 0.810. The second kappa shape index (κ2) is 10.1. The van der Waals surface area contributed by atoms with Crippen LogP contribution in [0.25, 0.3) is 16.7 Å². The van der Waals surface area contributed by atoms with E-state index in [1.54, 1.807) is 59.7 Å². The standard InChI is InChI=1S/C28H19Cl2N7O/c29-21-8-5-9-22(30)26(21)33-23-10-3-1-6-19(23)16-25-35-37-27(38)20-7-2-4-11-24(20)34-28(37)36(25)32-17-18-12-14-31-15-13-18/h1-15,17,33H,16H2/b32-17+. The fourth-order valence-electron chi connectivity index (χ4n) is 4.13. The summed E-state index contributed by atoms with van der Waals surface area (Å²) in [4.78, 5) is 22.1. The number of hydrogen-bond acceptors (Lipinski definition) is 6. The topological polar surface area (TPSA) is 89.5 Å². The van der Waals surface area contributed by atoms with Crippen LogP contribution in [0.3, 0.4) is 0 Å². The predicted octanol–water partition coefficient (Wildman–Crippen LogP) is 5.96. The molecular weight excluding hydrogens is 521 g/mol. The first-order chi connectivity index (χ1) is 18.6. The highest BCUT2D eigenvalue weighted by atomic mass is 35.5. The van der Waals surface area contributed by atoms with Gasteiger partial charge in [0, 0.05) is 24.5 Å². The fraction of sp³-hybridized carbons (Fsp3) is 0.0357. The summed E-state index contributed by atoms with van der Waals surface area (Å²) in [6, 6.07) is 23.9. The smallest absolute Gasteiger partial charge is 0.283 e. The Labute approximate surface area is 226 Å². The Bertz CT molecular complexity index is 1860. The first-order valence-corrected chi connectivity index (χ1v) is 12.5. The highest BCUT2D eigenvalue weighted by Gasteiger charge is 2.18. The highest BCUT2D eigenvalue weighted by molar-refractivity contribution is 6.39. The van der Waals surface area contributed by atoms with Crippen molar-refractivity contribution in [3.05, 3.63) is 129 Å². The molecule has 6 aromatic rings. The van der Waals surface area contributed by atoms with Crippen LogP contribution in [0, 0.1) is 0 Å². The summed E-state index contributed by atoms with van der Waals surface area (Å²) >= 11 is 12.8. The molecule has 0 aliphatic carbocycles. The molecule has 0 saturated carbocycles. The Morgan fingerprint density at radius 1 is 0.895 bits per heavy atom. The molecule has 0 unspecified atom stereocenters. The average Bonchev–Trinajstić information content (AvgIpc) is 3.28. The van der Waals surface area contributed by atoms with Crippen LogP contribution < -0.4 is 10.9 Å². The number of rotatable bonds is 6. The number of benzene rings is 3. The van der Waals surface area contributed by atoms with Gasteiger partial charge in [0.25, 0.3) is 11.3 Å². The minimum atomic E-state index is -0.265. The van der Waals surface area contributed by atoms with Crippen LogP contribution in [0.5, 0.6) is 0 Å². The van der Waals surface area contributed by atoms with Crippen molar-refractivity contribution in [2.45, 2.75) is 6.42 Å². The Hall–Kier alpha value is -4.53. The summed E-state index contributed by atoms with van der Waals surface area (Å²) in [5.74, 6) is 0.836. The van der Waals surface area contributed by atoms with Crippen LogP contribution in [-0.2, 0) is 6.42 Å². The van der Waals surface area contributed by atoms with E-state index in [4.69, 9.17) is 28.2 Å². The van der Waals surface area contributed by atoms with Gasteiger partial charge in [0.2, 0.25) is 0 Å². The molecule has 0 atom stereocenters.